The first kappa shape index (κ1) is 11.3. The van der Waals surface area contributed by atoms with Crippen LogP contribution in [0.15, 0.2) is 4.99 Å². The zero-order chi connectivity index (χ0) is 10.8. The fraction of sp³-hybridized carbons (Fsp3) is 0.909. The maximum atomic E-state index is 5.79. The molecule has 0 aliphatic heterocycles. The van der Waals surface area contributed by atoms with E-state index in [1.54, 1.807) is 7.05 Å². The summed E-state index contributed by atoms with van der Waals surface area (Å²) in [4.78, 5) is 6.14. The lowest BCUT2D eigenvalue weighted by molar-refractivity contribution is 0.168. The van der Waals surface area contributed by atoms with Crippen LogP contribution in [0.1, 0.15) is 39.5 Å². The number of rotatable bonds is 1. The molecule has 0 aromatic heterocycles. The fourth-order valence-electron chi connectivity index (χ4n) is 2.12. The van der Waals surface area contributed by atoms with Crippen molar-refractivity contribution in [3.63, 3.8) is 0 Å². The van der Waals surface area contributed by atoms with Gasteiger partial charge in [0.1, 0.15) is 0 Å². The molecule has 0 radical (unpaired) electrons. The monoisotopic (exact) mass is 197 g/mol. The Morgan fingerprint density at radius 3 is 2.29 bits per heavy atom. The molecule has 0 unspecified atom stereocenters. The first-order valence-corrected chi connectivity index (χ1v) is 5.41. The smallest absolute Gasteiger partial charge is 0.190 e. The highest BCUT2D eigenvalue weighted by Crippen LogP contribution is 2.36. The molecule has 82 valence electrons. The second-order valence-electron chi connectivity index (χ2n) is 5.09. The SMILES string of the molecule is CN=C(N)N(C)C1CCC(C)(C)CC1. The molecule has 1 rings (SSSR count). The molecular weight excluding hydrogens is 174 g/mol. The van der Waals surface area contributed by atoms with E-state index in [-0.39, 0.29) is 0 Å². The van der Waals surface area contributed by atoms with Crippen molar-refractivity contribution in [1.82, 2.24) is 4.90 Å². The van der Waals surface area contributed by atoms with Crippen LogP contribution in [0.3, 0.4) is 0 Å². The molecule has 14 heavy (non-hydrogen) atoms. The van der Waals surface area contributed by atoms with Crippen molar-refractivity contribution in [2.24, 2.45) is 16.1 Å². The summed E-state index contributed by atoms with van der Waals surface area (Å²) >= 11 is 0. The van der Waals surface area contributed by atoms with E-state index < -0.39 is 0 Å². The lowest BCUT2D eigenvalue weighted by Crippen LogP contribution is -2.44. The largest absolute Gasteiger partial charge is 0.370 e. The maximum absolute atomic E-state index is 5.79. The van der Waals surface area contributed by atoms with Gasteiger partial charge in [-0.05, 0) is 31.1 Å². The van der Waals surface area contributed by atoms with Crippen LogP contribution < -0.4 is 5.73 Å². The molecule has 0 atom stereocenters. The van der Waals surface area contributed by atoms with Crippen molar-refractivity contribution >= 4 is 5.96 Å². The van der Waals surface area contributed by atoms with Crippen LogP contribution in [0.25, 0.3) is 0 Å². The first-order valence-electron chi connectivity index (χ1n) is 5.41. The second-order valence-corrected chi connectivity index (χ2v) is 5.09. The summed E-state index contributed by atoms with van der Waals surface area (Å²) < 4.78 is 0. The Kier molecular flexibility index (Phi) is 3.40. The van der Waals surface area contributed by atoms with Gasteiger partial charge >= 0.3 is 0 Å². The Bertz CT molecular complexity index is 211. The molecule has 3 nitrogen and oxygen atoms in total. The Labute approximate surface area is 87.4 Å². The quantitative estimate of drug-likeness (QED) is 0.515. The highest BCUT2D eigenvalue weighted by molar-refractivity contribution is 5.77. The van der Waals surface area contributed by atoms with Crippen LogP contribution in [-0.2, 0) is 0 Å². The summed E-state index contributed by atoms with van der Waals surface area (Å²) in [5, 5.41) is 0. The van der Waals surface area contributed by atoms with Crippen LogP contribution in [0.5, 0.6) is 0 Å². The molecule has 0 aromatic carbocycles. The normalized spacial score (nSPS) is 23.6. The van der Waals surface area contributed by atoms with Gasteiger partial charge in [-0.2, -0.15) is 0 Å². The topological polar surface area (TPSA) is 41.6 Å². The summed E-state index contributed by atoms with van der Waals surface area (Å²) in [5.41, 5.74) is 6.31. The summed E-state index contributed by atoms with van der Waals surface area (Å²) in [6.07, 6.45) is 5.05. The van der Waals surface area contributed by atoms with Gasteiger partial charge in [0.25, 0.3) is 0 Å². The maximum Gasteiger partial charge on any atom is 0.190 e. The van der Waals surface area contributed by atoms with Crippen LogP contribution in [0, 0.1) is 5.41 Å². The zero-order valence-corrected chi connectivity index (χ0v) is 9.88. The summed E-state index contributed by atoms with van der Waals surface area (Å²) in [6, 6.07) is 0.590. The van der Waals surface area contributed by atoms with Crippen molar-refractivity contribution in [2.75, 3.05) is 14.1 Å². The fourth-order valence-corrected chi connectivity index (χ4v) is 2.12. The van der Waals surface area contributed by atoms with Crippen molar-refractivity contribution in [3.8, 4) is 0 Å². The summed E-state index contributed by atoms with van der Waals surface area (Å²) in [6.45, 7) is 4.70. The highest BCUT2D eigenvalue weighted by Gasteiger charge is 2.29. The van der Waals surface area contributed by atoms with Crippen LogP contribution >= 0.6 is 0 Å². The van der Waals surface area contributed by atoms with E-state index in [9.17, 15) is 0 Å². The molecule has 1 aliphatic carbocycles. The number of hydrogen-bond acceptors (Lipinski definition) is 1. The van der Waals surface area contributed by atoms with E-state index in [1.165, 1.54) is 25.7 Å². The zero-order valence-electron chi connectivity index (χ0n) is 9.88. The lowest BCUT2D eigenvalue weighted by atomic mass is 9.75. The predicted octanol–water partition coefficient (Wildman–Crippen LogP) is 1.83. The van der Waals surface area contributed by atoms with Gasteiger partial charge in [0.05, 0.1) is 0 Å². The number of guanidine groups is 1. The first-order chi connectivity index (χ1) is 6.46. The van der Waals surface area contributed by atoms with Crippen molar-refractivity contribution < 1.29 is 0 Å². The average Bonchev–Trinajstić information content (AvgIpc) is 2.15. The Morgan fingerprint density at radius 1 is 1.36 bits per heavy atom. The Balaban J connectivity index is 2.50. The third-order valence-electron chi connectivity index (χ3n) is 3.45. The molecule has 1 saturated carbocycles. The summed E-state index contributed by atoms with van der Waals surface area (Å²) in [7, 11) is 3.80. The molecule has 0 amide bonds. The van der Waals surface area contributed by atoms with Crippen LogP contribution in [0.2, 0.25) is 0 Å². The molecule has 1 aliphatic rings. The molecular formula is C11H23N3. The lowest BCUT2D eigenvalue weighted by Gasteiger charge is -2.38. The number of nitrogens with zero attached hydrogens (tertiary/aromatic N) is 2. The van der Waals surface area contributed by atoms with Gasteiger partial charge in [-0.15, -0.1) is 0 Å². The van der Waals surface area contributed by atoms with Crippen molar-refractivity contribution in [1.29, 1.82) is 0 Å². The molecule has 2 N–H and O–H groups in total. The Hall–Kier alpha value is -0.730. The van der Waals surface area contributed by atoms with Gasteiger partial charge in [0, 0.05) is 20.1 Å². The third-order valence-corrected chi connectivity index (χ3v) is 3.45. The average molecular weight is 197 g/mol. The minimum absolute atomic E-state index is 0.523. The van der Waals surface area contributed by atoms with Gasteiger partial charge in [0.15, 0.2) is 5.96 Å². The summed E-state index contributed by atoms with van der Waals surface area (Å²) in [5.74, 6) is 0.662. The molecule has 1 fully saturated rings. The molecule has 0 spiro atoms. The second kappa shape index (κ2) is 4.20. The number of aliphatic imine (C=N–C) groups is 1. The number of nitrogens with two attached hydrogens (primary N) is 1. The minimum Gasteiger partial charge on any atom is -0.370 e. The Morgan fingerprint density at radius 2 is 1.86 bits per heavy atom. The molecule has 0 heterocycles. The van der Waals surface area contributed by atoms with E-state index in [2.05, 4.69) is 23.7 Å². The van der Waals surface area contributed by atoms with Gasteiger partial charge in [-0.1, -0.05) is 13.8 Å². The third kappa shape index (κ3) is 2.63. The molecule has 0 saturated heterocycles. The highest BCUT2D eigenvalue weighted by atomic mass is 15.2. The van der Waals surface area contributed by atoms with E-state index in [4.69, 9.17) is 5.73 Å². The standard InChI is InChI=1S/C11H23N3/c1-11(2)7-5-9(6-8-11)14(4)10(12)13-3/h9H,5-8H2,1-4H3,(H2,12,13). The van der Waals surface area contributed by atoms with Crippen LogP contribution in [0.4, 0.5) is 0 Å². The predicted molar refractivity (Wildman–Crippen MR) is 61.3 cm³/mol. The van der Waals surface area contributed by atoms with Gasteiger partial charge in [-0.3, -0.25) is 4.99 Å². The molecule has 3 heteroatoms. The van der Waals surface area contributed by atoms with E-state index in [0.717, 1.165) is 0 Å². The van der Waals surface area contributed by atoms with Gasteiger partial charge in [0.2, 0.25) is 0 Å². The van der Waals surface area contributed by atoms with Crippen molar-refractivity contribution in [3.05, 3.63) is 0 Å². The number of hydrogen-bond donors (Lipinski definition) is 1. The molecule has 0 aromatic rings. The minimum atomic E-state index is 0.523. The van der Waals surface area contributed by atoms with Crippen LogP contribution in [-0.4, -0.2) is 31.0 Å². The van der Waals surface area contributed by atoms with E-state index in [0.29, 0.717) is 17.4 Å². The van der Waals surface area contributed by atoms with Gasteiger partial charge in [-0.25, -0.2) is 0 Å². The molecule has 0 bridgehead atoms. The van der Waals surface area contributed by atoms with Crippen molar-refractivity contribution in [2.45, 2.75) is 45.6 Å². The van der Waals surface area contributed by atoms with E-state index in [1.807, 2.05) is 7.05 Å². The van der Waals surface area contributed by atoms with E-state index >= 15 is 0 Å². The van der Waals surface area contributed by atoms with Gasteiger partial charge < -0.3 is 10.6 Å².